The molecule has 33 heavy (non-hydrogen) atoms. The first-order valence-corrected chi connectivity index (χ1v) is 11.8. The van der Waals surface area contributed by atoms with Gasteiger partial charge in [-0.2, -0.15) is 0 Å². The molecule has 0 spiro atoms. The molecular weight excluding hydrogens is 529 g/mol. The van der Waals surface area contributed by atoms with E-state index in [1.807, 2.05) is 35.2 Å². The minimum atomic E-state index is -0.0492. The molecular formula is C25H36IN5O2. The third kappa shape index (κ3) is 7.20. The van der Waals surface area contributed by atoms with Crippen LogP contribution in [0.2, 0.25) is 0 Å². The van der Waals surface area contributed by atoms with E-state index in [1.54, 1.807) is 6.26 Å². The van der Waals surface area contributed by atoms with E-state index in [2.05, 4.69) is 34.2 Å². The summed E-state index contributed by atoms with van der Waals surface area (Å²) in [6, 6.07) is 14.2. The number of aliphatic imine (C=N–C) groups is 1. The second-order valence-electron chi connectivity index (χ2n) is 8.61. The van der Waals surface area contributed by atoms with E-state index in [0.29, 0.717) is 6.54 Å². The molecule has 1 N–H and O–H groups in total. The fourth-order valence-corrected chi connectivity index (χ4v) is 4.45. The minimum absolute atomic E-state index is 0. The van der Waals surface area contributed by atoms with Crippen LogP contribution < -0.4 is 5.32 Å². The number of likely N-dealkylation sites (tertiary alicyclic amines) is 1. The summed E-state index contributed by atoms with van der Waals surface area (Å²) in [4.78, 5) is 24.4. The van der Waals surface area contributed by atoms with Gasteiger partial charge >= 0.3 is 0 Å². The van der Waals surface area contributed by atoms with Gasteiger partial charge in [-0.1, -0.05) is 30.3 Å². The molecule has 180 valence electrons. The van der Waals surface area contributed by atoms with Crippen LogP contribution in [-0.4, -0.2) is 78.4 Å². The van der Waals surface area contributed by atoms with Crippen LogP contribution in [0, 0.1) is 0 Å². The molecule has 4 rings (SSSR count). The highest BCUT2D eigenvalue weighted by molar-refractivity contribution is 14.0. The molecule has 2 fully saturated rings. The Balaban J connectivity index is 0.00000306. The van der Waals surface area contributed by atoms with E-state index in [0.717, 1.165) is 76.8 Å². The summed E-state index contributed by atoms with van der Waals surface area (Å²) < 4.78 is 5.46. The average molecular weight is 566 g/mol. The van der Waals surface area contributed by atoms with Crippen molar-refractivity contribution in [2.24, 2.45) is 4.99 Å². The van der Waals surface area contributed by atoms with Crippen LogP contribution >= 0.6 is 24.0 Å². The Morgan fingerprint density at radius 1 is 1.00 bits per heavy atom. The van der Waals surface area contributed by atoms with Crippen LogP contribution in [0.25, 0.3) is 0 Å². The number of carbonyl (C=O) groups excluding carboxylic acids is 1. The third-order valence-electron chi connectivity index (χ3n) is 6.43. The van der Waals surface area contributed by atoms with Gasteiger partial charge in [-0.3, -0.25) is 9.69 Å². The number of rotatable bonds is 7. The van der Waals surface area contributed by atoms with E-state index in [-0.39, 0.29) is 35.9 Å². The molecule has 7 nitrogen and oxygen atoms in total. The summed E-state index contributed by atoms with van der Waals surface area (Å²) in [5.74, 6) is 2.18. The first-order valence-electron chi connectivity index (χ1n) is 11.8. The average Bonchev–Trinajstić information content (AvgIpc) is 3.56. The van der Waals surface area contributed by atoms with Crippen LogP contribution in [-0.2, 0) is 17.8 Å². The first-order chi connectivity index (χ1) is 15.7. The van der Waals surface area contributed by atoms with Crippen LogP contribution in [0.4, 0.5) is 0 Å². The zero-order chi connectivity index (χ0) is 22.2. The molecule has 0 saturated carbocycles. The second-order valence-corrected chi connectivity index (χ2v) is 8.61. The molecule has 2 aromatic rings. The Morgan fingerprint density at radius 3 is 2.39 bits per heavy atom. The third-order valence-corrected chi connectivity index (χ3v) is 6.43. The maximum absolute atomic E-state index is 12.8. The number of hydrogen-bond donors (Lipinski definition) is 1. The molecule has 2 saturated heterocycles. The Bertz CT molecular complexity index is 860. The molecule has 1 atom stereocenters. The molecule has 1 unspecified atom stereocenters. The van der Waals surface area contributed by atoms with Gasteiger partial charge in [-0.15, -0.1) is 24.0 Å². The van der Waals surface area contributed by atoms with Gasteiger partial charge in [-0.05, 0) is 37.5 Å². The Labute approximate surface area is 214 Å². The van der Waals surface area contributed by atoms with Crippen molar-refractivity contribution in [1.82, 2.24) is 20.0 Å². The van der Waals surface area contributed by atoms with Gasteiger partial charge in [0.2, 0.25) is 5.91 Å². The lowest BCUT2D eigenvalue weighted by molar-refractivity contribution is -0.135. The van der Waals surface area contributed by atoms with Gasteiger partial charge in [0.25, 0.3) is 0 Å². The predicted molar refractivity (Wildman–Crippen MR) is 142 cm³/mol. The van der Waals surface area contributed by atoms with Crippen molar-refractivity contribution in [3.8, 4) is 0 Å². The minimum Gasteiger partial charge on any atom is -0.469 e. The van der Waals surface area contributed by atoms with Gasteiger partial charge < -0.3 is 19.5 Å². The number of nitrogens with one attached hydrogen (secondary N) is 1. The highest BCUT2D eigenvalue weighted by Crippen LogP contribution is 2.14. The Hall–Kier alpha value is -2.07. The topological polar surface area (TPSA) is 64.3 Å². The van der Waals surface area contributed by atoms with Crippen molar-refractivity contribution < 1.29 is 9.21 Å². The van der Waals surface area contributed by atoms with Crippen molar-refractivity contribution in [1.29, 1.82) is 0 Å². The summed E-state index contributed by atoms with van der Waals surface area (Å²) in [5.41, 5.74) is 1.20. The maximum atomic E-state index is 12.8. The van der Waals surface area contributed by atoms with Crippen molar-refractivity contribution in [2.75, 3.05) is 45.8 Å². The number of benzene rings is 1. The fourth-order valence-electron chi connectivity index (χ4n) is 4.45. The monoisotopic (exact) mass is 565 g/mol. The number of guanidine groups is 1. The molecule has 0 aliphatic carbocycles. The standard InChI is InChI=1S/C25H35N5O2.HI/c1-21(24(31)29-13-5-6-14-29)28-15-17-30(18-16-28)25(26-12-11-23-10-7-19-32-23)27-20-22-8-3-2-4-9-22;/h2-4,7-10,19,21H,5-6,11-18,20H2,1H3,(H,26,27);1H. The van der Waals surface area contributed by atoms with Gasteiger partial charge in [0, 0.05) is 52.2 Å². The first kappa shape index (κ1) is 25.6. The maximum Gasteiger partial charge on any atom is 0.239 e. The number of nitrogens with zero attached hydrogens (tertiary/aromatic N) is 4. The SMILES string of the molecule is CC(C(=O)N1CCCC1)N1CCN(C(=NCc2ccccc2)NCCc2ccco2)CC1.I. The van der Waals surface area contributed by atoms with Gasteiger partial charge in [0.15, 0.2) is 5.96 Å². The van der Waals surface area contributed by atoms with Crippen LogP contribution in [0.15, 0.2) is 58.1 Å². The van der Waals surface area contributed by atoms with Crippen molar-refractivity contribution in [2.45, 2.75) is 38.8 Å². The number of halogens is 1. The normalized spacial score (nSPS) is 18.2. The lowest BCUT2D eigenvalue weighted by atomic mass is 10.2. The van der Waals surface area contributed by atoms with Gasteiger partial charge in [0.1, 0.15) is 5.76 Å². The summed E-state index contributed by atoms with van der Waals surface area (Å²) in [7, 11) is 0. The summed E-state index contributed by atoms with van der Waals surface area (Å²) in [6.45, 7) is 8.76. The highest BCUT2D eigenvalue weighted by atomic mass is 127. The van der Waals surface area contributed by atoms with E-state index in [1.165, 1.54) is 5.56 Å². The van der Waals surface area contributed by atoms with Crippen molar-refractivity contribution >= 4 is 35.8 Å². The molecule has 2 aliphatic heterocycles. The number of piperazine rings is 1. The van der Waals surface area contributed by atoms with E-state index in [4.69, 9.17) is 9.41 Å². The highest BCUT2D eigenvalue weighted by Gasteiger charge is 2.30. The molecule has 1 aromatic carbocycles. The lowest BCUT2D eigenvalue weighted by Gasteiger charge is -2.39. The van der Waals surface area contributed by atoms with Crippen LogP contribution in [0.5, 0.6) is 0 Å². The van der Waals surface area contributed by atoms with E-state index >= 15 is 0 Å². The number of amides is 1. The van der Waals surface area contributed by atoms with E-state index in [9.17, 15) is 4.79 Å². The summed E-state index contributed by atoms with van der Waals surface area (Å²) >= 11 is 0. The number of carbonyl (C=O) groups is 1. The molecule has 0 bridgehead atoms. The predicted octanol–water partition coefficient (Wildman–Crippen LogP) is 3.21. The lowest BCUT2D eigenvalue weighted by Crippen LogP contribution is -2.57. The van der Waals surface area contributed by atoms with Gasteiger partial charge in [0.05, 0.1) is 18.8 Å². The van der Waals surface area contributed by atoms with Gasteiger partial charge in [-0.25, -0.2) is 4.99 Å². The molecule has 2 aliphatic rings. The molecule has 1 aromatic heterocycles. The van der Waals surface area contributed by atoms with Crippen molar-refractivity contribution in [3.63, 3.8) is 0 Å². The summed E-state index contributed by atoms with van der Waals surface area (Å²) in [5, 5.41) is 3.53. The smallest absolute Gasteiger partial charge is 0.239 e. The molecule has 1 amide bonds. The number of hydrogen-bond acceptors (Lipinski definition) is 4. The Kier molecular flexibility index (Phi) is 10.1. The molecule has 8 heteroatoms. The Morgan fingerprint density at radius 2 is 1.73 bits per heavy atom. The quantitative estimate of drug-likeness (QED) is 0.318. The molecule has 3 heterocycles. The van der Waals surface area contributed by atoms with Crippen LogP contribution in [0.1, 0.15) is 31.1 Å². The van der Waals surface area contributed by atoms with Crippen LogP contribution in [0.3, 0.4) is 0 Å². The zero-order valence-corrected chi connectivity index (χ0v) is 21.8. The largest absolute Gasteiger partial charge is 0.469 e. The van der Waals surface area contributed by atoms with E-state index < -0.39 is 0 Å². The fraction of sp³-hybridized carbons (Fsp3) is 0.520. The second kappa shape index (κ2) is 13.0. The summed E-state index contributed by atoms with van der Waals surface area (Å²) in [6.07, 6.45) is 4.80. The number of furan rings is 1. The zero-order valence-electron chi connectivity index (χ0n) is 19.5. The van der Waals surface area contributed by atoms with Crippen molar-refractivity contribution in [3.05, 3.63) is 60.1 Å². The molecule has 0 radical (unpaired) electrons.